The highest BCUT2D eigenvalue weighted by molar-refractivity contribution is 8.00. The molecule has 1 N–H and O–H groups in total. The van der Waals surface area contributed by atoms with Gasteiger partial charge < -0.3 is 10.1 Å². The molecule has 2 heterocycles. The van der Waals surface area contributed by atoms with Crippen molar-refractivity contribution in [2.45, 2.75) is 16.4 Å². The van der Waals surface area contributed by atoms with E-state index in [2.05, 4.69) is 29.6 Å². The lowest BCUT2D eigenvalue weighted by molar-refractivity contribution is 0.373. The zero-order valence-electron chi connectivity index (χ0n) is 9.25. The summed E-state index contributed by atoms with van der Waals surface area (Å²) in [5.74, 6) is 0.492. The fourth-order valence-corrected chi connectivity index (χ4v) is 2.29. The Balaban J connectivity index is 2.23. The third-order valence-electron chi connectivity index (χ3n) is 1.63. The van der Waals surface area contributed by atoms with E-state index in [1.54, 1.807) is 0 Å². The monoisotopic (exact) mass is 270 g/mol. The van der Waals surface area contributed by atoms with Crippen molar-refractivity contribution in [3.05, 3.63) is 6.33 Å². The third kappa shape index (κ3) is 3.24. The van der Waals surface area contributed by atoms with Crippen LogP contribution in [0.15, 0.2) is 15.8 Å². The zero-order chi connectivity index (χ0) is 12.1. The van der Waals surface area contributed by atoms with Crippen LogP contribution in [0, 0.1) is 0 Å². The van der Waals surface area contributed by atoms with Gasteiger partial charge >= 0.3 is 6.01 Å². The van der Waals surface area contributed by atoms with Gasteiger partial charge in [-0.2, -0.15) is 19.3 Å². The van der Waals surface area contributed by atoms with Crippen LogP contribution in [0.5, 0.6) is 6.01 Å². The maximum absolute atomic E-state index is 5.01. The summed E-state index contributed by atoms with van der Waals surface area (Å²) in [5, 5.41) is 3.55. The first kappa shape index (κ1) is 12.0. The number of methoxy groups -OCH3 is 1. The second-order valence-corrected chi connectivity index (χ2v) is 4.76. The molecule has 0 bridgehead atoms. The van der Waals surface area contributed by atoms with E-state index in [4.69, 9.17) is 4.74 Å². The summed E-state index contributed by atoms with van der Waals surface area (Å²) in [5.41, 5.74) is 0. The van der Waals surface area contributed by atoms with Gasteiger partial charge in [-0.15, -0.1) is 0 Å². The Hall–Kier alpha value is -1.48. The van der Waals surface area contributed by atoms with Crippen LogP contribution < -0.4 is 10.1 Å². The van der Waals surface area contributed by atoms with Crippen molar-refractivity contribution in [1.82, 2.24) is 24.3 Å². The fraction of sp³-hybridized carbons (Fsp3) is 0.375. The molecule has 0 atom stereocenters. The van der Waals surface area contributed by atoms with Gasteiger partial charge in [0.25, 0.3) is 0 Å². The predicted octanol–water partition coefficient (Wildman–Crippen LogP) is 1.31. The minimum absolute atomic E-state index is 0.281. The van der Waals surface area contributed by atoms with Gasteiger partial charge in [-0.25, -0.2) is 4.98 Å². The van der Waals surface area contributed by atoms with Crippen LogP contribution in [-0.4, -0.2) is 38.0 Å². The summed E-state index contributed by atoms with van der Waals surface area (Å²) in [6.07, 6.45) is 1.50. The molecule has 2 rings (SSSR count). The van der Waals surface area contributed by atoms with Crippen molar-refractivity contribution in [1.29, 1.82) is 0 Å². The maximum atomic E-state index is 5.01. The van der Waals surface area contributed by atoms with E-state index in [1.165, 1.54) is 36.7 Å². The molecular weight excluding hydrogens is 260 g/mol. The Bertz CT molecular complexity index is 477. The maximum Gasteiger partial charge on any atom is 0.321 e. The van der Waals surface area contributed by atoms with Gasteiger partial charge in [0.2, 0.25) is 11.1 Å². The Morgan fingerprint density at radius 3 is 2.94 bits per heavy atom. The molecule has 0 amide bonds. The van der Waals surface area contributed by atoms with E-state index < -0.39 is 0 Å². The van der Waals surface area contributed by atoms with E-state index >= 15 is 0 Å². The molecule has 0 aliphatic rings. The zero-order valence-corrected chi connectivity index (χ0v) is 10.9. The first-order valence-electron chi connectivity index (χ1n) is 4.80. The Morgan fingerprint density at radius 2 is 2.29 bits per heavy atom. The third-order valence-corrected chi connectivity index (χ3v) is 3.21. The highest BCUT2D eigenvalue weighted by Gasteiger charge is 2.09. The highest BCUT2D eigenvalue weighted by Crippen LogP contribution is 2.26. The Kier molecular flexibility index (Phi) is 4.04. The molecule has 9 heteroatoms. The van der Waals surface area contributed by atoms with E-state index in [-0.39, 0.29) is 6.01 Å². The average molecular weight is 270 g/mol. The molecule has 0 aliphatic heterocycles. The van der Waals surface area contributed by atoms with Crippen molar-refractivity contribution in [3.8, 4) is 6.01 Å². The van der Waals surface area contributed by atoms with Crippen LogP contribution in [0.3, 0.4) is 0 Å². The SMILES string of the molecule is CCNc1nc(OC)nc(Sc2ncns2)n1. The molecule has 0 unspecified atom stereocenters. The minimum atomic E-state index is 0.281. The smallest absolute Gasteiger partial charge is 0.321 e. The van der Waals surface area contributed by atoms with Gasteiger partial charge in [-0.05, 0) is 30.2 Å². The van der Waals surface area contributed by atoms with E-state index in [0.717, 1.165) is 10.9 Å². The number of rotatable bonds is 5. The number of ether oxygens (including phenoxy) is 1. The van der Waals surface area contributed by atoms with Crippen molar-refractivity contribution < 1.29 is 4.74 Å². The van der Waals surface area contributed by atoms with Crippen molar-refractivity contribution in [2.24, 2.45) is 0 Å². The van der Waals surface area contributed by atoms with Crippen LogP contribution in [0.1, 0.15) is 6.92 Å². The molecule has 17 heavy (non-hydrogen) atoms. The van der Waals surface area contributed by atoms with Crippen molar-refractivity contribution in [3.63, 3.8) is 0 Å². The van der Waals surface area contributed by atoms with Crippen LogP contribution in [0.4, 0.5) is 5.95 Å². The van der Waals surface area contributed by atoms with Gasteiger partial charge in [-0.1, -0.05) is 0 Å². The largest absolute Gasteiger partial charge is 0.467 e. The molecule has 0 fully saturated rings. The van der Waals surface area contributed by atoms with Crippen molar-refractivity contribution in [2.75, 3.05) is 19.0 Å². The molecule has 0 spiro atoms. The average Bonchev–Trinajstić information content (AvgIpc) is 2.82. The molecule has 0 radical (unpaired) electrons. The predicted molar refractivity (Wildman–Crippen MR) is 64.6 cm³/mol. The first-order chi connectivity index (χ1) is 8.31. The fourth-order valence-electron chi connectivity index (χ4n) is 0.998. The summed E-state index contributed by atoms with van der Waals surface area (Å²) in [6, 6.07) is 0.281. The number of anilines is 1. The molecule has 2 aromatic rings. The molecular formula is C8H10N6OS2. The molecule has 90 valence electrons. The quantitative estimate of drug-likeness (QED) is 0.870. The van der Waals surface area contributed by atoms with Crippen LogP contribution in [-0.2, 0) is 0 Å². The van der Waals surface area contributed by atoms with Crippen LogP contribution in [0.25, 0.3) is 0 Å². The summed E-state index contributed by atoms with van der Waals surface area (Å²) in [4.78, 5) is 16.5. The Morgan fingerprint density at radius 1 is 1.41 bits per heavy atom. The molecule has 7 nitrogen and oxygen atoms in total. The molecule has 2 aromatic heterocycles. The summed E-state index contributed by atoms with van der Waals surface area (Å²) >= 11 is 2.62. The number of nitrogens with one attached hydrogen (secondary N) is 1. The lowest BCUT2D eigenvalue weighted by Gasteiger charge is -2.04. The van der Waals surface area contributed by atoms with Crippen LogP contribution >= 0.6 is 23.3 Å². The van der Waals surface area contributed by atoms with Gasteiger partial charge in [0, 0.05) is 6.54 Å². The minimum Gasteiger partial charge on any atom is -0.467 e. The topological polar surface area (TPSA) is 85.7 Å². The Labute approximate surface area is 106 Å². The van der Waals surface area contributed by atoms with E-state index in [9.17, 15) is 0 Å². The molecule has 0 saturated heterocycles. The normalized spacial score (nSPS) is 10.2. The van der Waals surface area contributed by atoms with Crippen molar-refractivity contribution >= 4 is 29.2 Å². The number of hydrogen-bond acceptors (Lipinski definition) is 9. The lowest BCUT2D eigenvalue weighted by atomic mass is 10.7. The van der Waals surface area contributed by atoms with Gasteiger partial charge in [0.15, 0.2) is 4.34 Å². The number of nitrogens with zero attached hydrogens (tertiary/aromatic N) is 5. The number of hydrogen-bond donors (Lipinski definition) is 1. The van der Waals surface area contributed by atoms with Crippen LogP contribution in [0.2, 0.25) is 0 Å². The summed E-state index contributed by atoms with van der Waals surface area (Å²) in [7, 11) is 1.52. The van der Waals surface area contributed by atoms with E-state index in [1.807, 2.05) is 6.92 Å². The van der Waals surface area contributed by atoms with Gasteiger partial charge in [0.05, 0.1) is 7.11 Å². The lowest BCUT2D eigenvalue weighted by Crippen LogP contribution is -2.05. The molecule has 0 saturated carbocycles. The van der Waals surface area contributed by atoms with Gasteiger partial charge in [0.1, 0.15) is 6.33 Å². The second kappa shape index (κ2) is 5.73. The summed E-state index contributed by atoms with van der Waals surface area (Å²) < 4.78 is 9.70. The van der Waals surface area contributed by atoms with E-state index in [0.29, 0.717) is 11.1 Å². The molecule has 0 aliphatic carbocycles. The first-order valence-corrected chi connectivity index (χ1v) is 6.39. The second-order valence-electron chi connectivity index (χ2n) is 2.77. The standard InChI is InChI=1S/C8H10N6OS2/c1-3-9-5-12-6(15-2)14-7(13-5)16-8-10-4-11-17-8/h4H,3H2,1-2H3,(H,9,12,13,14). The molecule has 0 aromatic carbocycles. The number of aromatic nitrogens is 5. The van der Waals surface area contributed by atoms with Gasteiger partial charge in [-0.3, -0.25) is 0 Å². The highest BCUT2D eigenvalue weighted by atomic mass is 32.2. The summed E-state index contributed by atoms with van der Waals surface area (Å²) in [6.45, 7) is 2.70.